The molecule has 5 heteroatoms. The van der Waals surface area contributed by atoms with Crippen LogP contribution >= 0.6 is 0 Å². The Hall–Kier alpha value is -2.17. The first-order valence-corrected chi connectivity index (χ1v) is 5.46. The standard InChI is InChI=1S/C14H11F3O2/c1-19-11-6-7-12(13(18)8-11)9-2-4-10(5-3-9)14(15,16)17/h2-8,18H,1H3. The Labute approximate surface area is 108 Å². The van der Waals surface area contributed by atoms with Gasteiger partial charge in [0, 0.05) is 11.6 Å². The highest BCUT2D eigenvalue weighted by atomic mass is 19.4. The van der Waals surface area contributed by atoms with E-state index in [1.807, 2.05) is 0 Å². The maximum atomic E-state index is 12.4. The molecule has 0 aliphatic heterocycles. The predicted octanol–water partition coefficient (Wildman–Crippen LogP) is 4.09. The fourth-order valence-electron chi connectivity index (χ4n) is 1.72. The number of halogens is 3. The van der Waals surface area contributed by atoms with Crippen LogP contribution in [0.4, 0.5) is 13.2 Å². The number of ether oxygens (including phenoxy) is 1. The Morgan fingerprint density at radius 1 is 1.00 bits per heavy atom. The molecule has 0 aliphatic carbocycles. The van der Waals surface area contributed by atoms with Gasteiger partial charge in [-0.1, -0.05) is 12.1 Å². The summed E-state index contributed by atoms with van der Waals surface area (Å²) in [4.78, 5) is 0. The van der Waals surface area contributed by atoms with E-state index in [4.69, 9.17) is 4.74 Å². The van der Waals surface area contributed by atoms with Gasteiger partial charge < -0.3 is 9.84 Å². The molecule has 0 spiro atoms. The second kappa shape index (κ2) is 4.84. The first-order chi connectivity index (χ1) is 8.91. The molecule has 0 unspecified atom stereocenters. The second-order valence-electron chi connectivity index (χ2n) is 3.96. The largest absolute Gasteiger partial charge is 0.507 e. The highest BCUT2D eigenvalue weighted by Gasteiger charge is 2.30. The van der Waals surface area contributed by atoms with Gasteiger partial charge in [0.1, 0.15) is 11.5 Å². The lowest BCUT2D eigenvalue weighted by Gasteiger charge is -2.09. The van der Waals surface area contributed by atoms with Crippen LogP contribution in [0.3, 0.4) is 0 Å². The summed E-state index contributed by atoms with van der Waals surface area (Å²) >= 11 is 0. The third-order valence-corrected chi connectivity index (χ3v) is 2.73. The number of rotatable bonds is 2. The maximum absolute atomic E-state index is 12.4. The minimum atomic E-state index is -4.36. The third-order valence-electron chi connectivity index (χ3n) is 2.73. The van der Waals surface area contributed by atoms with Crippen molar-refractivity contribution in [1.29, 1.82) is 0 Å². The highest BCUT2D eigenvalue weighted by molar-refractivity contribution is 5.71. The maximum Gasteiger partial charge on any atom is 0.416 e. The Morgan fingerprint density at radius 3 is 2.11 bits per heavy atom. The minimum absolute atomic E-state index is 0.0425. The molecule has 0 saturated carbocycles. The first kappa shape index (κ1) is 13.3. The molecule has 19 heavy (non-hydrogen) atoms. The Kier molecular flexibility index (Phi) is 3.38. The summed E-state index contributed by atoms with van der Waals surface area (Å²) in [6.07, 6.45) is -4.36. The van der Waals surface area contributed by atoms with Gasteiger partial charge in [-0.3, -0.25) is 0 Å². The molecule has 2 aromatic carbocycles. The van der Waals surface area contributed by atoms with E-state index in [1.54, 1.807) is 12.1 Å². The van der Waals surface area contributed by atoms with Crippen molar-refractivity contribution in [3.63, 3.8) is 0 Å². The van der Waals surface area contributed by atoms with Gasteiger partial charge >= 0.3 is 6.18 Å². The number of aromatic hydroxyl groups is 1. The van der Waals surface area contributed by atoms with E-state index >= 15 is 0 Å². The molecule has 0 radical (unpaired) electrons. The van der Waals surface area contributed by atoms with Gasteiger partial charge in [0.15, 0.2) is 0 Å². The van der Waals surface area contributed by atoms with Gasteiger partial charge in [-0.2, -0.15) is 13.2 Å². The number of benzene rings is 2. The van der Waals surface area contributed by atoms with Crippen molar-refractivity contribution in [2.75, 3.05) is 7.11 Å². The number of hydrogen-bond donors (Lipinski definition) is 1. The van der Waals surface area contributed by atoms with Crippen LogP contribution in [0, 0.1) is 0 Å². The molecule has 0 atom stereocenters. The summed E-state index contributed by atoms with van der Waals surface area (Å²) in [7, 11) is 1.46. The van der Waals surface area contributed by atoms with E-state index in [9.17, 15) is 18.3 Å². The molecular formula is C14H11F3O2. The van der Waals surface area contributed by atoms with Crippen molar-refractivity contribution in [2.45, 2.75) is 6.18 Å². The predicted molar refractivity (Wildman–Crippen MR) is 65.1 cm³/mol. The van der Waals surface area contributed by atoms with E-state index in [1.165, 1.54) is 25.3 Å². The molecule has 2 nitrogen and oxygen atoms in total. The smallest absolute Gasteiger partial charge is 0.416 e. The average Bonchev–Trinajstić information content (AvgIpc) is 2.37. The van der Waals surface area contributed by atoms with E-state index in [-0.39, 0.29) is 5.75 Å². The summed E-state index contributed by atoms with van der Waals surface area (Å²) in [6.45, 7) is 0. The highest BCUT2D eigenvalue weighted by Crippen LogP contribution is 2.35. The topological polar surface area (TPSA) is 29.5 Å². The van der Waals surface area contributed by atoms with Crippen LogP contribution in [0.15, 0.2) is 42.5 Å². The molecule has 0 amide bonds. The summed E-state index contributed by atoms with van der Waals surface area (Å²) in [5.74, 6) is 0.437. The van der Waals surface area contributed by atoms with E-state index in [2.05, 4.69) is 0 Å². The van der Waals surface area contributed by atoms with Crippen LogP contribution in [0.1, 0.15) is 5.56 Å². The third kappa shape index (κ3) is 2.81. The monoisotopic (exact) mass is 268 g/mol. The minimum Gasteiger partial charge on any atom is -0.507 e. The summed E-state index contributed by atoms with van der Waals surface area (Å²) in [6, 6.07) is 9.25. The lowest BCUT2D eigenvalue weighted by atomic mass is 10.0. The van der Waals surface area contributed by atoms with Crippen molar-refractivity contribution >= 4 is 0 Å². The Morgan fingerprint density at radius 2 is 1.63 bits per heavy atom. The molecule has 0 aromatic heterocycles. The fourth-order valence-corrected chi connectivity index (χ4v) is 1.72. The second-order valence-corrected chi connectivity index (χ2v) is 3.96. The van der Waals surface area contributed by atoms with E-state index in [0.29, 0.717) is 16.9 Å². The Balaban J connectivity index is 2.37. The zero-order chi connectivity index (χ0) is 14.0. The number of phenolic OH excluding ortho intramolecular Hbond substituents is 1. The van der Waals surface area contributed by atoms with E-state index < -0.39 is 11.7 Å². The molecule has 0 fully saturated rings. The average molecular weight is 268 g/mol. The van der Waals surface area contributed by atoms with Crippen LogP contribution in [0.2, 0.25) is 0 Å². The number of alkyl halides is 3. The van der Waals surface area contributed by atoms with Crippen molar-refractivity contribution in [1.82, 2.24) is 0 Å². The van der Waals surface area contributed by atoms with Crippen LogP contribution < -0.4 is 4.74 Å². The molecule has 0 saturated heterocycles. The molecule has 100 valence electrons. The van der Waals surface area contributed by atoms with Crippen LogP contribution in [0.5, 0.6) is 11.5 Å². The normalized spacial score (nSPS) is 11.4. The molecule has 2 rings (SSSR count). The van der Waals surface area contributed by atoms with Crippen LogP contribution in [-0.4, -0.2) is 12.2 Å². The van der Waals surface area contributed by atoms with E-state index in [0.717, 1.165) is 12.1 Å². The lowest BCUT2D eigenvalue weighted by Crippen LogP contribution is -2.03. The summed E-state index contributed by atoms with van der Waals surface area (Å²) in [5.41, 5.74) is 0.243. The fraction of sp³-hybridized carbons (Fsp3) is 0.143. The van der Waals surface area contributed by atoms with Gasteiger partial charge in [-0.25, -0.2) is 0 Å². The molecule has 0 aliphatic rings. The molecule has 0 heterocycles. The van der Waals surface area contributed by atoms with Crippen molar-refractivity contribution in [3.05, 3.63) is 48.0 Å². The quantitative estimate of drug-likeness (QED) is 0.889. The molecule has 2 aromatic rings. The first-order valence-electron chi connectivity index (χ1n) is 5.46. The van der Waals surface area contributed by atoms with Gasteiger partial charge in [-0.05, 0) is 29.8 Å². The van der Waals surface area contributed by atoms with Crippen molar-refractivity contribution in [2.24, 2.45) is 0 Å². The van der Waals surface area contributed by atoms with Crippen molar-refractivity contribution < 1.29 is 23.0 Å². The van der Waals surface area contributed by atoms with Crippen molar-refractivity contribution in [3.8, 4) is 22.6 Å². The molecular weight excluding hydrogens is 257 g/mol. The zero-order valence-electron chi connectivity index (χ0n) is 10.0. The summed E-state index contributed by atoms with van der Waals surface area (Å²) in [5, 5.41) is 9.80. The van der Waals surface area contributed by atoms with Gasteiger partial charge in [0.05, 0.1) is 12.7 Å². The number of hydrogen-bond acceptors (Lipinski definition) is 2. The number of phenols is 1. The number of methoxy groups -OCH3 is 1. The van der Waals surface area contributed by atoms with Gasteiger partial charge in [0.2, 0.25) is 0 Å². The SMILES string of the molecule is COc1ccc(-c2ccc(C(F)(F)F)cc2)c(O)c1. The van der Waals surface area contributed by atoms with Crippen LogP contribution in [0.25, 0.3) is 11.1 Å². The Bertz CT molecular complexity index is 574. The molecule has 1 N–H and O–H groups in total. The van der Waals surface area contributed by atoms with Gasteiger partial charge in [0.25, 0.3) is 0 Å². The van der Waals surface area contributed by atoms with Crippen LogP contribution in [-0.2, 0) is 6.18 Å². The van der Waals surface area contributed by atoms with Gasteiger partial charge in [-0.15, -0.1) is 0 Å². The molecule has 0 bridgehead atoms. The summed E-state index contributed by atoms with van der Waals surface area (Å²) < 4.78 is 42.2. The zero-order valence-corrected chi connectivity index (χ0v) is 10.0. The lowest BCUT2D eigenvalue weighted by molar-refractivity contribution is -0.137.